The van der Waals surface area contributed by atoms with E-state index in [0.717, 1.165) is 22.8 Å². The van der Waals surface area contributed by atoms with Crippen LogP contribution in [0.4, 0.5) is 0 Å². The van der Waals surface area contributed by atoms with Crippen LogP contribution < -0.4 is 0 Å². The van der Waals surface area contributed by atoms with Gasteiger partial charge in [0.15, 0.2) is 0 Å². The van der Waals surface area contributed by atoms with Crippen LogP contribution in [0.15, 0.2) is 34.9 Å². The lowest BCUT2D eigenvalue weighted by Gasteiger charge is -2.17. The van der Waals surface area contributed by atoms with Crippen LogP contribution >= 0.6 is 0 Å². The number of pyridine rings is 1. The summed E-state index contributed by atoms with van der Waals surface area (Å²) in [6.07, 6.45) is 1.16. The van der Waals surface area contributed by atoms with Gasteiger partial charge in [-0.25, -0.2) is 0 Å². The Kier molecular flexibility index (Phi) is 3.29. The summed E-state index contributed by atoms with van der Waals surface area (Å²) in [5.74, 6) is 1.55. The first-order chi connectivity index (χ1) is 8.09. The van der Waals surface area contributed by atoms with E-state index in [9.17, 15) is 5.11 Å². The van der Waals surface area contributed by atoms with Crippen LogP contribution in [0.3, 0.4) is 0 Å². The molecule has 0 aliphatic rings. The average molecular weight is 231 g/mol. The highest BCUT2D eigenvalue weighted by Crippen LogP contribution is 2.32. The number of aliphatic hydroxyl groups is 1. The van der Waals surface area contributed by atoms with E-state index in [0.29, 0.717) is 0 Å². The highest BCUT2D eigenvalue weighted by Gasteiger charge is 2.22. The third-order valence-electron chi connectivity index (χ3n) is 3.03. The van der Waals surface area contributed by atoms with Crippen LogP contribution in [0.5, 0.6) is 0 Å². The number of aryl methyl sites for hydroxylation is 2. The third-order valence-corrected chi connectivity index (χ3v) is 3.03. The molecule has 0 spiro atoms. The van der Waals surface area contributed by atoms with Crippen LogP contribution in [0, 0.1) is 13.8 Å². The number of aromatic nitrogens is 1. The van der Waals surface area contributed by atoms with Crippen molar-refractivity contribution in [3.05, 3.63) is 53.2 Å². The zero-order chi connectivity index (χ0) is 12.4. The summed E-state index contributed by atoms with van der Waals surface area (Å²) in [6, 6.07) is 7.62. The summed E-state index contributed by atoms with van der Waals surface area (Å²) in [5, 5.41) is 10.3. The van der Waals surface area contributed by atoms with E-state index < -0.39 is 6.10 Å². The van der Waals surface area contributed by atoms with Crippen LogP contribution in [-0.2, 0) is 0 Å². The van der Waals surface area contributed by atoms with Crippen molar-refractivity contribution in [2.24, 2.45) is 0 Å². The van der Waals surface area contributed by atoms with Gasteiger partial charge in [-0.15, -0.1) is 0 Å². The maximum atomic E-state index is 10.3. The summed E-state index contributed by atoms with van der Waals surface area (Å²) in [5.41, 5.74) is 1.74. The van der Waals surface area contributed by atoms with Crippen molar-refractivity contribution in [1.82, 2.24) is 4.98 Å². The minimum absolute atomic E-state index is 0.0492. The molecule has 2 aromatic heterocycles. The summed E-state index contributed by atoms with van der Waals surface area (Å²) in [4.78, 5) is 4.27. The Balaban J connectivity index is 2.26. The van der Waals surface area contributed by atoms with Gasteiger partial charge in [0.05, 0.1) is 6.10 Å². The first kappa shape index (κ1) is 11.9. The molecule has 2 heterocycles. The van der Waals surface area contributed by atoms with Gasteiger partial charge in [0.2, 0.25) is 0 Å². The highest BCUT2D eigenvalue weighted by molar-refractivity contribution is 5.26. The van der Waals surface area contributed by atoms with E-state index in [2.05, 4.69) is 4.98 Å². The van der Waals surface area contributed by atoms with Crippen LogP contribution in [0.1, 0.15) is 41.7 Å². The molecule has 1 N–H and O–H groups in total. The van der Waals surface area contributed by atoms with Crippen molar-refractivity contribution in [3.8, 4) is 0 Å². The van der Waals surface area contributed by atoms with Crippen molar-refractivity contribution in [2.45, 2.75) is 32.8 Å². The predicted molar refractivity (Wildman–Crippen MR) is 65.8 cm³/mol. The molecule has 0 aliphatic heterocycles. The number of rotatable bonds is 3. The Morgan fingerprint density at radius 2 is 2.06 bits per heavy atom. The van der Waals surface area contributed by atoms with Gasteiger partial charge < -0.3 is 9.52 Å². The molecule has 0 aliphatic carbocycles. The topological polar surface area (TPSA) is 46.3 Å². The Hall–Kier alpha value is -1.61. The second kappa shape index (κ2) is 4.72. The normalized spacial score (nSPS) is 14.6. The van der Waals surface area contributed by atoms with E-state index in [1.807, 2.05) is 45.0 Å². The second-order valence-corrected chi connectivity index (χ2v) is 4.36. The van der Waals surface area contributed by atoms with Gasteiger partial charge in [0.25, 0.3) is 0 Å². The predicted octanol–water partition coefficient (Wildman–Crippen LogP) is 3.13. The Bertz CT molecular complexity index is 490. The van der Waals surface area contributed by atoms with Crippen molar-refractivity contribution >= 4 is 0 Å². The van der Waals surface area contributed by atoms with Gasteiger partial charge in [-0.2, -0.15) is 0 Å². The Morgan fingerprint density at radius 3 is 2.59 bits per heavy atom. The third kappa shape index (κ3) is 2.39. The standard InChI is InChI=1S/C14H17NO2/c1-9-8-12(11(3)17-9)14(16)10(2)13-6-4-5-7-15-13/h4-8,10,14,16H,1-3H3. The Morgan fingerprint density at radius 1 is 1.29 bits per heavy atom. The molecule has 0 saturated carbocycles. The molecule has 0 fully saturated rings. The zero-order valence-corrected chi connectivity index (χ0v) is 10.3. The lowest BCUT2D eigenvalue weighted by atomic mass is 9.94. The van der Waals surface area contributed by atoms with Crippen LogP contribution in [0.25, 0.3) is 0 Å². The molecule has 90 valence electrons. The number of hydrogen-bond donors (Lipinski definition) is 1. The monoisotopic (exact) mass is 231 g/mol. The van der Waals surface area contributed by atoms with Gasteiger partial charge in [-0.05, 0) is 32.0 Å². The number of nitrogens with zero attached hydrogens (tertiary/aromatic N) is 1. The molecule has 0 saturated heterocycles. The summed E-state index contributed by atoms with van der Waals surface area (Å²) in [6.45, 7) is 5.72. The molecule has 0 radical (unpaired) electrons. The van der Waals surface area contributed by atoms with Gasteiger partial charge in [0, 0.05) is 23.4 Å². The van der Waals surface area contributed by atoms with Gasteiger partial charge in [-0.1, -0.05) is 13.0 Å². The fourth-order valence-corrected chi connectivity index (χ4v) is 2.02. The molecule has 2 aromatic rings. The van der Waals surface area contributed by atoms with E-state index >= 15 is 0 Å². The molecule has 2 unspecified atom stereocenters. The molecule has 2 atom stereocenters. The van der Waals surface area contributed by atoms with E-state index in [1.165, 1.54) is 0 Å². The lowest BCUT2D eigenvalue weighted by molar-refractivity contribution is 0.148. The molecular formula is C14H17NO2. The van der Waals surface area contributed by atoms with Crippen molar-refractivity contribution < 1.29 is 9.52 Å². The minimum Gasteiger partial charge on any atom is -0.466 e. The number of hydrogen-bond acceptors (Lipinski definition) is 3. The first-order valence-electron chi connectivity index (χ1n) is 5.75. The molecule has 0 amide bonds. The second-order valence-electron chi connectivity index (χ2n) is 4.36. The highest BCUT2D eigenvalue weighted by atomic mass is 16.3. The average Bonchev–Trinajstić information content (AvgIpc) is 2.68. The summed E-state index contributed by atoms with van der Waals surface area (Å²) < 4.78 is 5.44. The molecule has 17 heavy (non-hydrogen) atoms. The largest absolute Gasteiger partial charge is 0.466 e. The summed E-state index contributed by atoms with van der Waals surface area (Å²) >= 11 is 0. The molecule has 3 nitrogen and oxygen atoms in total. The molecule has 0 aromatic carbocycles. The molecule has 2 rings (SSSR count). The van der Waals surface area contributed by atoms with Gasteiger partial charge >= 0.3 is 0 Å². The zero-order valence-electron chi connectivity index (χ0n) is 10.3. The maximum Gasteiger partial charge on any atom is 0.106 e. The smallest absolute Gasteiger partial charge is 0.106 e. The first-order valence-corrected chi connectivity index (χ1v) is 5.75. The van der Waals surface area contributed by atoms with Crippen molar-refractivity contribution in [3.63, 3.8) is 0 Å². The lowest BCUT2D eigenvalue weighted by Crippen LogP contribution is -2.09. The van der Waals surface area contributed by atoms with E-state index in [4.69, 9.17) is 4.42 Å². The van der Waals surface area contributed by atoms with Gasteiger partial charge in [0.1, 0.15) is 11.5 Å². The van der Waals surface area contributed by atoms with Crippen LogP contribution in [0.2, 0.25) is 0 Å². The van der Waals surface area contributed by atoms with Crippen molar-refractivity contribution in [1.29, 1.82) is 0 Å². The summed E-state index contributed by atoms with van der Waals surface area (Å²) in [7, 11) is 0. The van der Waals surface area contributed by atoms with E-state index in [1.54, 1.807) is 6.20 Å². The fraction of sp³-hybridized carbons (Fsp3) is 0.357. The Labute approximate surface area is 101 Å². The van der Waals surface area contributed by atoms with Crippen molar-refractivity contribution in [2.75, 3.05) is 0 Å². The SMILES string of the molecule is Cc1cc(C(O)C(C)c2ccccn2)c(C)o1. The fourth-order valence-electron chi connectivity index (χ4n) is 2.02. The number of furan rings is 1. The molecule has 3 heteroatoms. The van der Waals surface area contributed by atoms with Gasteiger partial charge in [-0.3, -0.25) is 4.98 Å². The minimum atomic E-state index is -0.581. The quantitative estimate of drug-likeness (QED) is 0.882. The maximum absolute atomic E-state index is 10.3. The number of aliphatic hydroxyl groups excluding tert-OH is 1. The molecular weight excluding hydrogens is 214 g/mol. The molecule has 0 bridgehead atoms. The van der Waals surface area contributed by atoms with E-state index in [-0.39, 0.29) is 5.92 Å². The van der Waals surface area contributed by atoms with Crippen LogP contribution in [-0.4, -0.2) is 10.1 Å².